The molecule has 0 aromatic heterocycles. The molecule has 1 aliphatic heterocycles. The molecule has 0 spiro atoms. The maximum absolute atomic E-state index is 5.48. The van der Waals surface area contributed by atoms with Gasteiger partial charge in [-0.1, -0.05) is 0 Å². The Morgan fingerprint density at radius 1 is 1.31 bits per heavy atom. The van der Waals surface area contributed by atoms with Crippen molar-refractivity contribution in [2.24, 2.45) is 0 Å². The molecule has 1 N–H and O–H groups in total. The Labute approximate surface area is 105 Å². The average molecular weight is 253 g/mol. The lowest BCUT2D eigenvalue weighted by Gasteiger charge is -2.23. The van der Waals surface area contributed by atoms with Gasteiger partial charge >= 0.3 is 0 Å². The molecule has 16 heavy (non-hydrogen) atoms. The minimum absolute atomic E-state index is 0. The van der Waals surface area contributed by atoms with Gasteiger partial charge in [-0.05, 0) is 26.4 Å². The van der Waals surface area contributed by atoms with Crippen LogP contribution in [-0.4, -0.2) is 64.6 Å². The van der Waals surface area contributed by atoms with Gasteiger partial charge in [0, 0.05) is 26.2 Å². The van der Waals surface area contributed by atoms with Gasteiger partial charge in [-0.3, -0.25) is 4.90 Å². The Bertz CT molecular complexity index is 161. The molecule has 1 aliphatic rings. The Morgan fingerprint density at radius 2 is 2.12 bits per heavy atom. The van der Waals surface area contributed by atoms with Gasteiger partial charge in [-0.2, -0.15) is 0 Å². The van der Waals surface area contributed by atoms with Crippen molar-refractivity contribution < 1.29 is 9.47 Å². The summed E-state index contributed by atoms with van der Waals surface area (Å²) in [5, 5.41) is 3.25. The molecule has 1 saturated heterocycles. The summed E-state index contributed by atoms with van der Waals surface area (Å²) in [6.45, 7) is 5.60. The maximum atomic E-state index is 5.48. The van der Waals surface area contributed by atoms with Gasteiger partial charge in [-0.15, -0.1) is 12.4 Å². The van der Waals surface area contributed by atoms with Gasteiger partial charge in [0.05, 0.1) is 19.8 Å². The highest BCUT2D eigenvalue weighted by molar-refractivity contribution is 5.85. The van der Waals surface area contributed by atoms with Crippen LogP contribution in [0.2, 0.25) is 0 Å². The molecule has 98 valence electrons. The number of likely N-dealkylation sites (N-methyl/N-ethyl adjacent to an activating group) is 1. The van der Waals surface area contributed by atoms with Gasteiger partial charge in [0.15, 0.2) is 0 Å². The van der Waals surface area contributed by atoms with E-state index < -0.39 is 0 Å². The minimum atomic E-state index is 0. The van der Waals surface area contributed by atoms with Gasteiger partial charge in [0.2, 0.25) is 0 Å². The standard InChI is InChI=1S/C11H24N2O2.ClH/c1-12-10-11-4-3-5-13(11)6-7-15-9-8-14-2;/h11-12H,3-10H2,1-2H3;1H. The normalized spacial score (nSPS) is 21.0. The first-order valence-electron chi connectivity index (χ1n) is 5.83. The van der Waals surface area contributed by atoms with Crippen LogP contribution in [0, 0.1) is 0 Å². The number of hydrogen-bond donors (Lipinski definition) is 1. The predicted octanol–water partition coefficient (Wildman–Crippen LogP) is 0.755. The SMILES string of the molecule is CNCC1CCCN1CCOCCOC.Cl. The van der Waals surface area contributed by atoms with E-state index in [4.69, 9.17) is 9.47 Å². The lowest BCUT2D eigenvalue weighted by atomic mass is 10.2. The number of ether oxygens (including phenoxy) is 2. The third-order valence-corrected chi connectivity index (χ3v) is 2.89. The first kappa shape index (κ1) is 16.1. The molecular formula is C11H25ClN2O2. The Kier molecular flexibility index (Phi) is 10.4. The van der Waals surface area contributed by atoms with E-state index in [1.54, 1.807) is 7.11 Å². The fourth-order valence-corrected chi connectivity index (χ4v) is 2.08. The molecule has 0 saturated carbocycles. The van der Waals surface area contributed by atoms with E-state index in [0.29, 0.717) is 19.3 Å². The molecule has 4 nitrogen and oxygen atoms in total. The zero-order valence-electron chi connectivity index (χ0n) is 10.4. The molecule has 1 rings (SSSR count). The molecule has 0 amide bonds. The second-order valence-electron chi connectivity index (χ2n) is 3.99. The molecule has 0 bridgehead atoms. The van der Waals surface area contributed by atoms with Gasteiger partial charge < -0.3 is 14.8 Å². The van der Waals surface area contributed by atoms with Crippen LogP contribution in [0.15, 0.2) is 0 Å². The van der Waals surface area contributed by atoms with Crippen molar-refractivity contribution in [3.05, 3.63) is 0 Å². The van der Waals surface area contributed by atoms with E-state index in [0.717, 1.165) is 19.7 Å². The van der Waals surface area contributed by atoms with Crippen molar-refractivity contribution in [3.63, 3.8) is 0 Å². The summed E-state index contributed by atoms with van der Waals surface area (Å²) in [4.78, 5) is 2.52. The van der Waals surface area contributed by atoms with E-state index in [1.165, 1.54) is 19.4 Å². The highest BCUT2D eigenvalue weighted by atomic mass is 35.5. The molecule has 0 radical (unpaired) electrons. The first-order valence-corrected chi connectivity index (χ1v) is 5.83. The molecule has 0 aliphatic carbocycles. The number of halogens is 1. The summed E-state index contributed by atoms with van der Waals surface area (Å²) in [6.07, 6.45) is 2.64. The monoisotopic (exact) mass is 252 g/mol. The highest BCUT2D eigenvalue weighted by Gasteiger charge is 2.22. The summed E-state index contributed by atoms with van der Waals surface area (Å²) in [5.41, 5.74) is 0. The zero-order valence-corrected chi connectivity index (χ0v) is 11.2. The van der Waals surface area contributed by atoms with Crippen LogP contribution in [0.1, 0.15) is 12.8 Å². The maximum Gasteiger partial charge on any atom is 0.0700 e. The Balaban J connectivity index is 0.00000225. The molecule has 1 fully saturated rings. The van der Waals surface area contributed by atoms with Crippen LogP contribution in [0.5, 0.6) is 0 Å². The molecular weight excluding hydrogens is 228 g/mol. The number of nitrogens with zero attached hydrogens (tertiary/aromatic N) is 1. The fraction of sp³-hybridized carbons (Fsp3) is 1.00. The first-order chi connectivity index (χ1) is 7.38. The molecule has 1 heterocycles. The van der Waals surface area contributed by atoms with E-state index >= 15 is 0 Å². The van der Waals surface area contributed by atoms with E-state index in [1.807, 2.05) is 7.05 Å². The van der Waals surface area contributed by atoms with Gasteiger partial charge in [0.1, 0.15) is 0 Å². The molecule has 1 atom stereocenters. The van der Waals surface area contributed by atoms with Crippen molar-refractivity contribution in [1.29, 1.82) is 0 Å². The van der Waals surface area contributed by atoms with Crippen LogP contribution in [0.25, 0.3) is 0 Å². The summed E-state index contributed by atoms with van der Waals surface area (Å²) in [5.74, 6) is 0. The number of methoxy groups -OCH3 is 1. The number of rotatable bonds is 8. The van der Waals surface area contributed by atoms with E-state index in [-0.39, 0.29) is 12.4 Å². The van der Waals surface area contributed by atoms with Crippen LogP contribution in [0.4, 0.5) is 0 Å². The van der Waals surface area contributed by atoms with Crippen molar-refractivity contribution >= 4 is 12.4 Å². The lowest BCUT2D eigenvalue weighted by Crippen LogP contribution is -2.38. The zero-order chi connectivity index (χ0) is 10.9. The minimum Gasteiger partial charge on any atom is -0.382 e. The Hall–Kier alpha value is 0.130. The second-order valence-corrected chi connectivity index (χ2v) is 3.99. The second kappa shape index (κ2) is 10.3. The van der Waals surface area contributed by atoms with Crippen LogP contribution in [-0.2, 0) is 9.47 Å². The summed E-state index contributed by atoms with van der Waals surface area (Å²) in [7, 11) is 3.72. The topological polar surface area (TPSA) is 33.7 Å². The number of likely N-dealkylation sites (tertiary alicyclic amines) is 1. The van der Waals surface area contributed by atoms with Gasteiger partial charge in [-0.25, -0.2) is 0 Å². The van der Waals surface area contributed by atoms with Crippen molar-refractivity contribution in [2.75, 3.05) is 53.6 Å². The number of hydrogen-bond acceptors (Lipinski definition) is 4. The van der Waals surface area contributed by atoms with E-state index in [9.17, 15) is 0 Å². The van der Waals surface area contributed by atoms with Crippen molar-refractivity contribution in [3.8, 4) is 0 Å². The van der Waals surface area contributed by atoms with Crippen molar-refractivity contribution in [2.45, 2.75) is 18.9 Å². The van der Waals surface area contributed by atoms with Crippen molar-refractivity contribution in [1.82, 2.24) is 10.2 Å². The Morgan fingerprint density at radius 3 is 2.81 bits per heavy atom. The smallest absolute Gasteiger partial charge is 0.0700 e. The molecule has 0 aromatic rings. The van der Waals surface area contributed by atoms with Gasteiger partial charge in [0.25, 0.3) is 0 Å². The summed E-state index contributed by atoms with van der Waals surface area (Å²) < 4.78 is 10.4. The largest absolute Gasteiger partial charge is 0.382 e. The fourth-order valence-electron chi connectivity index (χ4n) is 2.08. The highest BCUT2D eigenvalue weighted by Crippen LogP contribution is 2.15. The number of nitrogens with one attached hydrogen (secondary N) is 1. The quantitative estimate of drug-likeness (QED) is 0.647. The van der Waals surface area contributed by atoms with Crippen LogP contribution < -0.4 is 5.32 Å². The molecule has 5 heteroatoms. The molecule has 0 aromatic carbocycles. The van der Waals surface area contributed by atoms with Crippen LogP contribution >= 0.6 is 12.4 Å². The predicted molar refractivity (Wildman–Crippen MR) is 68.5 cm³/mol. The summed E-state index contributed by atoms with van der Waals surface area (Å²) >= 11 is 0. The van der Waals surface area contributed by atoms with E-state index in [2.05, 4.69) is 10.2 Å². The van der Waals surface area contributed by atoms with Crippen LogP contribution in [0.3, 0.4) is 0 Å². The third kappa shape index (κ3) is 6.01. The molecule has 1 unspecified atom stereocenters. The lowest BCUT2D eigenvalue weighted by molar-refractivity contribution is 0.0553. The third-order valence-electron chi connectivity index (χ3n) is 2.89. The summed E-state index contributed by atoms with van der Waals surface area (Å²) in [6, 6.07) is 0.709. The average Bonchev–Trinajstić information content (AvgIpc) is 2.66.